The zero-order valence-electron chi connectivity index (χ0n) is 19.4. The number of ketones is 1. The first-order valence-corrected chi connectivity index (χ1v) is 12.1. The van der Waals surface area contributed by atoms with Crippen molar-refractivity contribution in [3.63, 3.8) is 0 Å². The summed E-state index contributed by atoms with van der Waals surface area (Å²) in [5.74, 6) is -0.269. The van der Waals surface area contributed by atoms with Gasteiger partial charge < -0.3 is 0 Å². The van der Waals surface area contributed by atoms with Crippen molar-refractivity contribution in [2.75, 3.05) is 4.90 Å². The van der Waals surface area contributed by atoms with Crippen molar-refractivity contribution in [2.45, 2.75) is 20.4 Å². The molecule has 0 unspecified atom stereocenters. The minimum absolute atomic E-state index is 0.0769. The largest absolute Gasteiger partial charge is 0.289 e. The summed E-state index contributed by atoms with van der Waals surface area (Å²) in [5.41, 5.74) is 5.55. The standard InChI is InChI=1S/C29H23N3O2S/c1-19-16-20(2)27-25(17-19)31-29(35-27)32(18-24-10-6-7-15-30-24)28(34)23-13-11-22(12-14-23)26(33)21-8-4-3-5-9-21/h3-17H,18H2,1-2H3. The summed E-state index contributed by atoms with van der Waals surface area (Å²) in [4.78, 5) is 37.4. The molecule has 0 saturated heterocycles. The maximum atomic E-state index is 13.7. The quantitative estimate of drug-likeness (QED) is 0.266. The lowest BCUT2D eigenvalue weighted by Crippen LogP contribution is -2.30. The van der Waals surface area contributed by atoms with Crippen molar-refractivity contribution < 1.29 is 9.59 Å². The summed E-state index contributed by atoms with van der Waals surface area (Å²) in [5, 5.41) is 0.619. The summed E-state index contributed by atoms with van der Waals surface area (Å²) in [7, 11) is 0. The molecule has 0 N–H and O–H groups in total. The van der Waals surface area contributed by atoms with Gasteiger partial charge in [-0.25, -0.2) is 4.98 Å². The Labute approximate surface area is 207 Å². The maximum absolute atomic E-state index is 13.7. The molecular formula is C29H23N3O2S. The molecule has 5 aromatic rings. The van der Waals surface area contributed by atoms with Gasteiger partial charge in [0.25, 0.3) is 5.91 Å². The number of aromatic nitrogens is 2. The number of thiazole rings is 1. The molecule has 0 aliphatic rings. The predicted molar refractivity (Wildman–Crippen MR) is 140 cm³/mol. The molecule has 2 heterocycles. The molecule has 0 atom stereocenters. The van der Waals surface area contributed by atoms with Gasteiger partial charge in [-0.1, -0.05) is 65.9 Å². The Morgan fingerprint density at radius 2 is 1.51 bits per heavy atom. The van der Waals surface area contributed by atoms with Gasteiger partial charge in [-0.2, -0.15) is 0 Å². The van der Waals surface area contributed by atoms with Gasteiger partial charge >= 0.3 is 0 Å². The molecule has 2 aromatic heterocycles. The van der Waals surface area contributed by atoms with Crippen molar-refractivity contribution >= 4 is 38.4 Å². The van der Waals surface area contributed by atoms with Gasteiger partial charge in [0.2, 0.25) is 0 Å². The number of fused-ring (bicyclic) bond motifs is 1. The number of hydrogen-bond donors (Lipinski definition) is 0. The molecule has 172 valence electrons. The molecule has 5 rings (SSSR count). The molecule has 35 heavy (non-hydrogen) atoms. The minimum Gasteiger partial charge on any atom is -0.289 e. The zero-order valence-corrected chi connectivity index (χ0v) is 20.3. The fourth-order valence-corrected chi connectivity index (χ4v) is 5.05. The number of nitrogens with zero attached hydrogens (tertiary/aromatic N) is 3. The number of aryl methyl sites for hydroxylation is 2. The molecule has 3 aromatic carbocycles. The fourth-order valence-electron chi connectivity index (χ4n) is 4.04. The Hall–Kier alpha value is -4.16. The van der Waals surface area contributed by atoms with Crippen LogP contribution in [0.2, 0.25) is 0 Å². The van der Waals surface area contributed by atoms with E-state index in [1.54, 1.807) is 47.5 Å². The van der Waals surface area contributed by atoms with E-state index in [2.05, 4.69) is 18.0 Å². The minimum atomic E-state index is -0.192. The zero-order chi connectivity index (χ0) is 24.4. The molecule has 0 radical (unpaired) electrons. The first kappa shape index (κ1) is 22.6. The van der Waals surface area contributed by atoms with Gasteiger partial charge in [0.05, 0.1) is 22.5 Å². The van der Waals surface area contributed by atoms with E-state index < -0.39 is 0 Å². The Bertz CT molecular complexity index is 1510. The number of carbonyl (C=O) groups is 2. The normalized spacial score (nSPS) is 10.9. The molecule has 0 fully saturated rings. The van der Waals surface area contributed by atoms with Crippen molar-refractivity contribution in [3.8, 4) is 0 Å². The number of amides is 1. The van der Waals surface area contributed by atoms with E-state index in [-0.39, 0.29) is 11.7 Å². The van der Waals surface area contributed by atoms with Gasteiger partial charge in [-0.15, -0.1) is 0 Å². The molecule has 6 heteroatoms. The highest BCUT2D eigenvalue weighted by molar-refractivity contribution is 7.22. The van der Waals surface area contributed by atoms with Crippen LogP contribution in [0.3, 0.4) is 0 Å². The van der Waals surface area contributed by atoms with E-state index in [0.29, 0.717) is 28.4 Å². The van der Waals surface area contributed by atoms with Crippen LogP contribution < -0.4 is 4.90 Å². The van der Waals surface area contributed by atoms with E-state index in [9.17, 15) is 9.59 Å². The summed E-state index contributed by atoms with van der Waals surface area (Å²) in [6.07, 6.45) is 1.72. The van der Waals surface area contributed by atoms with Gasteiger partial charge in [-0.05, 0) is 55.3 Å². The van der Waals surface area contributed by atoms with Crippen LogP contribution >= 0.6 is 11.3 Å². The van der Waals surface area contributed by atoms with Gasteiger partial charge in [0.1, 0.15) is 0 Å². The third kappa shape index (κ3) is 4.74. The number of pyridine rings is 1. The number of rotatable bonds is 6. The molecular weight excluding hydrogens is 454 g/mol. The van der Waals surface area contributed by atoms with Gasteiger partial charge in [0, 0.05) is 22.9 Å². The van der Waals surface area contributed by atoms with Crippen molar-refractivity contribution in [2.24, 2.45) is 0 Å². The van der Waals surface area contributed by atoms with Crippen molar-refractivity contribution in [1.29, 1.82) is 0 Å². The van der Waals surface area contributed by atoms with Crippen LogP contribution in [0.5, 0.6) is 0 Å². The highest BCUT2D eigenvalue weighted by Crippen LogP contribution is 2.33. The summed E-state index contributed by atoms with van der Waals surface area (Å²) >= 11 is 1.50. The summed E-state index contributed by atoms with van der Waals surface area (Å²) in [6.45, 7) is 4.40. The lowest BCUT2D eigenvalue weighted by Gasteiger charge is -2.19. The fraction of sp³-hybridized carbons (Fsp3) is 0.103. The average molecular weight is 478 g/mol. The maximum Gasteiger partial charge on any atom is 0.260 e. The lowest BCUT2D eigenvalue weighted by atomic mass is 10.0. The van der Waals surface area contributed by atoms with Crippen LogP contribution in [0, 0.1) is 13.8 Å². The summed E-state index contributed by atoms with van der Waals surface area (Å²) in [6, 6.07) is 25.7. The Morgan fingerprint density at radius 3 is 2.23 bits per heavy atom. The molecule has 0 aliphatic carbocycles. The lowest BCUT2D eigenvalue weighted by molar-refractivity contribution is 0.0982. The number of carbonyl (C=O) groups excluding carboxylic acids is 2. The van der Waals surface area contributed by atoms with Crippen LogP contribution in [0.1, 0.15) is 43.1 Å². The first-order chi connectivity index (χ1) is 17.0. The van der Waals surface area contributed by atoms with Crippen LogP contribution in [-0.4, -0.2) is 21.7 Å². The highest BCUT2D eigenvalue weighted by atomic mass is 32.1. The third-order valence-electron chi connectivity index (χ3n) is 5.76. The van der Waals surface area contributed by atoms with Crippen LogP contribution in [0.25, 0.3) is 10.2 Å². The smallest absolute Gasteiger partial charge is 0.260 e. The molecule has 5 nitrogen and oxygen atoms in total. The molecule has 0 saturated carbocycles. The topological polar surface area (TPSA) is 63.2 Å². The number of hydrogen-bond acceptors (Lipinski definition) is 5. The number of benzene rings is 3. The van der Waals surface area contributed by atoms with E-state index >= 15 is 0 Å². The van der Waals surface area contributed by atoms with Crippen LogP contribution in [0.4, 0.5) is 5.13 Å². The Balaban J connectivity index is 1.50. The van der Waals surface area contributed by atoms with Crippen molar-refractivity contribution in [1.82, 2.24) is 9.97 Å². The monoisotopic (exact) mass is 477 g/mol. The second-order valence-corrected chi connectivity index (χ2v) is 9.39. The second-order valence-electron chi connectivity index (χ2n) is 8.41. The molecule has 0 bridgehead atoms. The predicted octanol–water partition coefficient (Wildman–Crippen LogP) is 6.39. The van der Waals surface area contributed by atoms with E-state index in [4.69, 9.17) is 4.98 Å². The highest BCUT2D eigenvalue weighted by Gasteiger charge is 2.23. The van der Waals surface area contributed by atoms with Gasteiger partial charge in [0.15, 0.2) is 10.9 Å². The Kier molecular flexibility index (Phi) is 6.21. The molecule has 0 spiro atoms. The van der Waals surface area contributed by atoms with E-state index in [0.717, 1.165) is 27.0 Å². The van der Waals surface area contributed by atoms with Crippen LogP contribution in [-0.2, 0) is 6.54 Å². The SMILES string of the molecule is Cc1cc(C)c2sc(N(Cc3ccccn3)C(=O)c3ccc(C(=O)c4ccccc4)cc3)nc2c1. The third-order valence-corrected chi connectivity index (χ3v) is 6.99. The van der Waals surface area contributed by atoms with Crippen LogP contribution in [0.15, 0.2) is 91.1 Å². The Morgan fingerprint density at radius 1 is 0.829 bits per heavy atom. The summed E-state index contributed by atoms with van der Waals surface area (Å²) < 4.78 is 1.06. The number of anilines is 1. The van der Waals surface area contributed by atoms with Gasteiger partial charge in [-0.3, -0.25) is 19.5 Å². The average Bonchev–Trinajstić information content (AvgIpc) is 3.32. The second kappa shape index (κ2) is 9.60. The van der Waals surface area contributed by atoms with E-state index in [1.165, 1.54) is 11.3 Å². The van der Waals surface area contributed by atoms with E-state index in [1.807, 2.05) is 49.4 Å². The van der Waals surface area contributed by atoms with Crippen molar-refractivity contribution in [3.05, 3.63) is 125 Å². The molecule has 1 amide bonds. The molecule has 0 aliphatic heterocycles. The first-order valence-electron chi connectivity index (χ1n) is 11.3.